The molecule has 11 heteroatoms. The zero-order valence-electron chi connectivity index (χ0n) is 10.3. The molecule has 1 aliphatic heterocycles. The summed E-state index contributed by atoms with van der Waals surface area (Å²) in [4.78, 5) is 24.0. The number of nitrogens with one attached hydrogen (secondary N) is 1. The van der Waals surface area contributed by atoms with E-state index >= 15 is 0 Å². The maximum atomic E-state index is 12.2. The number of aryl methyl sites for hydroxylation is 1. The zero-order chi connectivity index (χ0) is 14.9. The Morgan fingerprint density at radius 2 is 2.10 bits per heavy atom. The third-order valence-electron chi connectivity index (χ3n) is 2.57. The van der Waals surface area contributed by atoms with Crippen LogP contribution < -0.4 is 5.43 Å². The molecule has 0 aliphatic carbocycles. The molecule has 1 fully saturated rings. The maximum Gasteiger partial charge on any atom is 0.406 e. The normalized spacial score (nSPS) is 15.9. The lowest BCUT2D eigenvalue weighted by Crippen LogP contribution is -2.46. The number of hydrazine groups is 1. The topological polar surface area (TPSA) is 91.6 Å². The summed E-state index contributed by atoms with van der Waals surface area (Å²) in [6.45, 7) is -0.0738. The van der Waals surface area contributed by atoms with Crippen molar-refractivity contribution in [2.45, 2.75) is 13.1 Å². The van der Waals surface area contributed by atoms with Gasteiger partial charge in [-0.25, -0.2) is 14.4 Å². The van der Waals surface area contributed by atoms with Crippen LogP contribution in [0.25, 0.3) is 0 Å². The Balaban J connectivity index is 1.97. The van der Waals surface area contributed by atoms with E-state index < -0.39 is 24.7 Å². The average Bonchev–Trinajstić information content (AvgIpc) is 2.88. The molecule has 2 rings (SSSR count). The van der Waals surface area contributed by atoms with Gasteiger partial charge in [-0.1, -0.05) is 5.16 Å². The van der Waals surface area contributed by atoms with E-state index in [1.54, 1.807) is 0 Å². The molecule has 0 radical (unpaired) electrons. The summed E-state index contributed by atoms with van der Waals surface area (Å²) >= 11 is 0. The second-order valence-corrected chi connectivity index (χ2v) is 4.11. The molecular weight excluding hydrogens is 283 g/mol. The number of carbonyl (C=O) groups excluding carboxylic acids is 2. The highest BCUT2D eigenvalue weighted by atomic mass is 19.4. The maximum absolute atomic E-state index is 12.2. The number of aromatic nitrogens is 2. The van der Waals surface area contributed by atoms with Gasteiger partial charge in [-0.05, 0) is 12.1 Å². The standard InChI is InChI=1S/C9H10F3N5O3/c1-5-6(15-20-14-5)7(18)13-17-3-2-16(8(17)19)4-9(10,11)12/h2-4H2,1H3,(H,13,18). The van der Waals surface area contributed by atoms with Crippen LogP contribution >= 0.6 is 0 Å². The predicted octanol–water partition coefficient (Wildman–Crippen LogP) is 0.323. The number of halogens is 3. The van der Waals surface area contributed by atoms with Gasteiger partial charge in [-0.3, -0.25) is 10.2 Å². The third-order valence-corrected chi connectivity index (χ3v) is 2.57. The van der Waals surface area contributed by atoms with Crippen LogP contribution in [0.2, 0.25) is 0 Å². The molecule has 20 heavy (non-hydrogen) atoms. The molecule has 1 aromatic rings. The Kier molecular flexibility index (Phi) is 3.51. The van der Waals surface area contributed by atoms with Crippen molar-refractivity contribution in [3.05, 3.63) is 11.4 Å². The first-order chi connectivity index (χ1) is 9.28. The number of hydrogen-bond acceptors (Lipinski definition) is 5. The van der Waals surface area contributed by atoms with Gasteiger partial charge in [0.2, 0.25) is 0 Å². The molecule has 0 aromatic carbocycles. The van der Waals surface area contributed by atoms with E-state index in [1.165, 1.54) is 6.92 Å². The van der Waals surface area contributed by atoms with Crippen molar-refractivity contribution in [3.63, 3.8) is 0 Å². The SMILES string of the molecule is Cc1nonc1C(=O)NN1CCN(CC(F)(F)F)C1=O. The summed E-state index contributed by atoms with van der Waals surface area (Å²) in [6.07, 6.45) is -4.48. The van der Waals surface area contributed by atoms with Crippen molar-refractivity contribution in [1.29, 1.82) is 0 Å². The molecule has 0 unspecified atom stereocenters. The lowest BCUT2D eigenvalue weighted by atomic mass is 10.3. The molecule has 0 atom stereocenters. The minimum Gasteiger partial charge on any atom is -0.312 e. The van der Waals surface area contributed by atoms with Crippen molar-refractivity contribution < 1.29 is 27.4 Å². The highest BCUT2D eigenvalue weighted by molar-refractivity contribution is 5.94. The number of amides is 3. The van der Waals surface area contributed by atoms with Crippen LogP contribution in [0.4, 0.5) is 18.0 Å². The Morgan fingerprint density at radius 3 is 2.65 bits per heavy atom. The fourth-order valence-electron chi connectivity index (χ4n) is 1.66. The van der Waals surface area contributed by atoms with Gasteiger partial charge in [0.05, 0.1) is 6.54 Å². The first kappa shape index (κ1) is 14.1. The van der Waals surface area contributed by atoms with E-state index in [4.69, 9.17) is 0 Å². The number of alkyl halides is 3. The lowest BCUT2D eigenvalue weighted by molar-refractivity contribution is -0.138. The number of rotatable bonds is 3. The van der Waals surface area contributed by atoms with Gasteiger partial charge < -0.3 is 4.90 Å². The van der Waals surface area contributed by atoms with Crippen LogP contribution in [0.1, 0.15) is 16.2 Å². The Bertz CT molecular complexity index is 529. The van der Waals surface area contributed by atoms with E-state index in [-0.39, 0.29) is 24.5 Å². The van der Waals surface area contributed by atoms with E-state index in [2.05, 4.69) is 20.4 Å². The number of carbonyl (C=O) groups is 2. The number of hydrogen-bond donors (Lipinski definition) is 1. The van der Waals surface area contributed by atoms with Crippen LogP contribution in [0.3, 0.4) is 0 Å². The molecule has 8 nitrogen and oxygen atoms in total. The van der Waals surface area contributed by atoms with Crippen LogP contribution in [0.5, 0.6) is 0 Å². The van der Waals surface area contributed by atoms with Crippen molar-refractivity contribution in [2.24, 2.45) is 0 Å². The summed E-state index contributed by atoms with van der Waals surface area (Å²) in [7, 11) is 0. The summed E-state index contributed by atoms with van der Waals surface area (Å²) in [5, 5.41) is 7.51. The molecule has 1 aromatic heterocycles. The summed E-state index contributed by atoms with van der Waals surface area (Å²) in [6, 6.07) is -0.926. The minimum atomic E-state index is -4.48. The van der Waals surface area contributed by atoms with Crippen LogP contribution in [0, 0.1) is 6.92 Å². The molecule has 0 bridgehead atoms. The largest absolute Gasteiger partial charge is 0.406 e. The Morgan fingerprint density at radius 1 is 1.40 bits per heavy atom. The summed E-state index contributed by atoms with van der Waals surface area (Å²) in [5.41, 5.74) is 2.24. The first-order valence-corrected chi connectivity index (χ1v) is 5.51. The van der Waals surface area contributed by atoms with Gasteiger partial charge in [-0.15, -0.1) is 0 Å². The summed E-state index contributed by atoms with van der Waals surface area (Å²) in [5.74, 6) is -0.772. The fraction of sp³-hybridized carbons (Fsp3) is 0.556. The van der Waals surface area contributed by atoms with Crippen LogP contribution in [0.15, 0.2) is 4.63 Å². The predicted molar refractivity (Wildman–Crippen MR) is 56.2 cm³/mol. The molecule has 3 amide bonds. The molecule has 0 spiro atoms. The van der Waals surface area contributed by atoms with Gasteiger partial charge in [0, 0.05) is 6.54 Å². The second kappa shape index (κ2) is 4.98. The molecule has 1 aliphatic rings. The van der Waals surface area contributed by atoms with Crippen molar-refractivity contribution >= 4 is 11.9 Å². The van der Waals surface area contributed by atoms with E-state index in [9.17, 15) is 22.8 Å². The molecular formula is C9H10F3N5O3. The van der Waals surface area contributed by atoms with Crippen LogP contribution in [-0.4, -0.2) is 58.0 Å². The molecule has 2 heterocycles. The quantitative estimate of drug-likeness (QED) is 0.866. The van der Waals surface area contributed by atoms with Gasteiger partial charge in [0.1, 0.15) is 12.2 Å². The highest BCUT2D eigenvalue weighted by Crippen LogP contribution is 2.19. The Hall–Kier alpha value is -2.33. The van der Waals surface area contributed by atoms with Gasteiger partial charge in [-0.2, -0.15) is 13.2 Å². The minimum absolute atomic E-state index is 0.0506. The average molecular weight is 293 g/mol. The molecule has 1 saturated heterocycles. The molecule has 110 valence electrons. The third kappa shape index (κ3) is 2.97. The van der Waals surface area contributed by atoms with Crippen LogP contribution in [-0.2, 0) is 0 Å². The highest BCUT2D eigenvalue weighted by Gasteiger charge is 2.38. The second-order valence-electron chi connectivity index (χ2n) is 4.11. The van der Waals surface area contributed by atoms with Gasteiger partial charge in [0.25, 0.3) is 5.91 Å². The van der Waals surface area contributed by atoms with E-state index in [1.807, 2.05) is 0 Å². The smallest absolute Gasteiger partial charge is 0.312 e. The van der Waals surface area contributed by atoms with Crippen molar-refractivity contribution in [1.82, 2.24) is 25.6 Å². The fourth-order valence-corrected chi connectivity index (χ4v) is 1.66. The lowest BCUT2D eigenvalue weighted by Gasteiger charge is -2.19. The van der Waals surface area contributed by atoms with E-state index in [0.717, 1.165) is 5.01 Å². The zero-order valence-corrected chi connectivity index (χ0v) is 10.3. The Labute approximate surface area is 110 Å². The van der Waals surface area contributed by atoms with Crippen molar-refractivity contribution in [3.8, 4) is 0 Å². The monoisotopic (exact) mass is 293 g/mol. The van der Waals surface area contributed by atoms with E-state index in [0.29, 0.717) is 4.90 Å². The first-order valence-electron chi connectivity index (χ1n) is 5.51. The number of nitrogens with zero attached hydrogens (tertiary/aromatic N) is 4. The molecule has 0 saturated carbocycles. The van der Waals surface area contributed by atoms with Gasteiger partial charge >= 0.3 is 12.2 Å². The molecule has 1 N–H and O–H groups in total. The van der Waals surface area contributed by atoms with Crippen molar-refractivity contribution in [2.75, 3.05) is 19.6 Å². The summed E-state index contributed by atoms with van der Waals surface area (Å²) < 4.78 is 41.0. The number of urea groups is 1. The van der Waals surface area contributed by atoms with Gasteiger partial charge in [0.15, 0.2) is 5.69 Å².